The number of nitrogens with one attached hydrogen (secondary N) is 1. The maximum Gasteiger partial charge on any atom is 0.278 e. The van der Waals surface area contributed by atoms with Crippen LogP contribution in [0, 0.1) is 6.92 Å². The molecule has 0 radical (unpaired) electrons. The van der Waals surface area contributed by atoms with E-state index in [9.17, 15) is 4.79 Å². The zero-order valence-corrected chi connectivity index (χ0v) is 13.1. The minimum Gasteiger partial charge on any atom is -0.351 e. The van der Waals surface area contributed by atoms with E-state index >= 15 is 0 Å². The standard InChI is InChI=1S/C18H26N2O/c1-15-7-9-16(10-8-15)14-20(12-3-2-4-13-20)17-6-5-11-19-18(17)21/h7-10,17H,2-6,11-14H2,1H3/p+1. The minimum absolute atomic E-state index is 0.167. The van der Waals surface area contributed by atoms with E-state index in [1.165, 1.54) is 30.4 Å². The molecule has 0 aliphatic carbocycles. The molecular weight excluding hydrogens is 260 g/mol. The van der Waals surface area contributed by atoms with E-state index in [0.29, 0.717) is 0 Å². The Balaban J connectivity index is 1.85. The molecule has 3 heteroatoms. The third-order valence-corrected chi connectivity index (χ3v) is 5.24. The number of hydrogen-bond acceptors (Lipinski definition) is 1. The molecule has 1 N–H and O–H groups in total. The second kappa shape index (κ2) is 6.18. The maximum atomic E-state index is 12.4. The number of rotatable bonds is 3. The summed E-state index contributed by atoms with van der Waals surface area (Å²) >= 11 is 0. The zero-order chi connectivity index (χ0) is 14.7. The van der Waals surface area contributed by atoms with Crippen molar-refractivity contribution in [1.82, 2.24) is 5.32 Å². The molecule has 3 rings (SSSR count). The molecule has 21 heavy (non-hydrogen) atoms. The van der Waals surface area contributed by atoms with Gasteiger partial charge in [0.05, 0.1) is 13.1 Å². The Hall–Kier alpha value is -1.35. The summed E-state index contributed by atoms with van der Waals surface area (Å²) in [7, 11) is 0. The Labute approximate surface area is 127 Å². The van der Waals surface area contributed by atoms with Crippen LogP contribution in [0.1, 0.15) is 43.2 Å². The third-order valence-electron chi connectivity index (χ3n) is 5.24. The van der Waals surface area contributed by atoms with Crippen LogP contribution in [0.5, 0.6) is 0 Å². The molecule has 2 heterocycles. The predicted molar refractivity (Wildman–Crippen MR) is 84.8 cm³/mol. The number of carbonyl (C=O) groups excluding carboxylic acids is 1. The van der Waals surface area contributed by atoms with Crippen molar-refractivity contribution in [3.8, 4) is 0 Å². The molecule has 2 aliphatic rings. The van der Waals surface area contributed by atoms with Gasteiger partial charge in [-0.15, -0.1) is 0 Å². The summed E-state index contributed by atoms with van der Waals surface area (Å²) in [6, 6.07) is 9.03. The van der Waals surface area contributed by atoms with Crippen LogP contribution in [-0.4, -0.2) is 36.1 Å². The Morgan fingerprint density at radius 2 is 1.81 bits per heavy atom. The summed E-state index contributed by atoms with van der Waals surface area (Å²) < 4.78 is 0.981. The van der Waals surface area contributed by atoms with Crippen molar-refractivity contribution < 1.29 is 9.28 Å². The number of likely N-dealkylation sites (tertiary alicyclic amines) is 1. The fourth-order valence-corrected chi connectivity index (χ4v) is 4.06. The average Bonchev–Trinajstić information content (AvgIpc) is 2.51. The monoisotopic (exact) mass is 287 g/mol. The van der Waals surface area contributed by atoms with Crippen LogP contribution in [-0.2, 0) is 11.3 Å². The summed E-state index contributed by atoms with van der Waals surface area (Å²) in [6.45, 7) is 6.32. The lowest BCUT2D eigenvalue weighted by Crippen LogP contribution is -2.64. The highest BCUT2D eigenvalue weighted by atomic mass is 16.2. The smallest absolute Gasteiger partial charge is 0.278 e. The van der Waals surface area contributed by atoms with E-state index in [2.05, 4.69) is 36.5 Å². The number of hydrogen-bond donors (Lipinski definition) is 1. The van der Waals surface area contributed by atoms with E-state index < -0.39 is 0 Å². The van der Waals surface area contributed by atoms with Gasteiger partial charge in [0, 0.05) is 18.5 Å². The molecule has 1 atom stereocenters. The molecule has 0 spiro atoms. The van der Waals surface area contributed by atoms with Crippen molar-refractivity contribution in [3.63, 3.8) is 0 Å². The number of piperidine rings is 2. The van der Waals surface area contributed by atoms with Crippen molar-refractivity contribution in [2.45, 2.75) is 51.6 Å². The Morgan fingerprint density at radius 1 is 1.10 bits per heavy atom. The first-order valence-corrected chi connectivity index (χ1v) is 8.39. The summed E-state index contributed by atoms with van der Waals surface area (Å²) in [6.07, 6.45) is 6.02. The fraction of sp³-hybridized carbons (Fsp3) is 0.611. The lowest BCUT2D eigenvalue weighted by molar-refractivity contribution is -0.960. The van der Waals surface area contributed by atoms with Gasteiger partial charge in [-0.05, 0) is 32.6 Å². The van der Waals surface area contributed by atoms with E-state index in [0.717, 1.165) is 43.5 Å². The topological polar surface area (TPSA) is 29.1 Å². The van der Waals surface area contributed by atoms with Gasteiger partial charge in [-0.3, -0.25) is 4.79 Å². The van der Waals surface area contributed by atoms with Gasteiger partial charge in [-0.2, -0.15) is 0 Å². The summed E-state index contributed by atoms with van der Waals surface area (Å²) in [5.41, 5.74) is 2.68. The third kappa shape index (κ3) is 3.13. The Morgan fingerprint density at radius 3 is 2.48 bits per heavy atom. The first-order valence-electron chi connectivity index (χ1n) is 8.39. The van der Waals surface area contributed by atoms with Crippen LogP contribution >= 0.6 is 0 Å². The molecule has 1 unspecified atom stereocenters. The van der Waals surface area contributed by atoms with Crippen molar-refractivity contribution in [3.05, 3.63) is 35.4 Å². The van der Waals surface area contributed by atoms with Gasteiger partial charge in [0.2, 0.25) is 0 Å². The van der Waals surface area contributed by atoms with Crippen LogP contribution in [0.4, 0.5) is 0 Å². The normalized spacial score (nSPS) is 25.4. The molecule has 3 nitrogen and oxygen atoms in total. The second-order valence-corrected chi connectivity index (χ2v) is 6.82. The highest BCUT2D eigenvalue weighted by molar-refractivity contribution is 5.81. The van der Waals surface area contributed by atoms with Crippen molar-refractivity contribution in [2.24, 2.45) is 0 Å². The molecule has 114 valence electrons. The minimum atomic E-state index is 0.167. The number of benzene rings is 1. The van der Waals surface area contributed by atoms with Crippen LogP contribution in [0.2, 0.25) is 0 Å². The lowest BCUT2D eigenvalue weighted by atomic mass is 9.95. The molecule has 0 bridgehead atoms. The quantitative estimate of drug-likeness (QED) is 0.851. The van der Waals surface area contributed by atoms with E-state index in [1.807, 2.05) is 0 Å². The van der Waals surface area contributed by atoms with E-state index in [-0.39, 0.29) is 11.9 Å². The zero-order valence-electron chi connectivity index (χ0n) is 13.1. The van der Waals surface area contributed by atoms with Crippen LogP contribution < -0.4 is 5.32 Å². The fourth-order valence-electron chi connectivity index (χ4n) is 4.06. The summed E-state index contributed by atoms with van der Waals surface area (Å²) in [5, 5.41) is 3.09. The van der Waals surface area contributed by atoms with Gasteiger partial charge in [0.1, 0.15) is 6.54 Å². The summed E-state index contributed by atoms with van der Waals surface area (Å²) in [4.78, 5) is 12.4. The van der Waals surface area contributed by atoms with Crippen LogP contribution in [0.3, 0.4) is 0 Å². The van der Waals surface area contributed by atoms with Gasteiger partial charge < -0.3 is 9.80 Å². The molecule has 1 aromatic rings. The van der Waals surface area contributed by atoms with Crippen molar-refractivity contribution in [2.75, 3.05) is 19.6 Å². The van der Waals surface area contributed by atoms with Crippen LogP contribution in [0.15, 0.2) is 24.3 Å². The molecule has 0 aromatic heterocycles. The summed E-state index contributed by atoms with van der Waals surface area (Å²) in [5.74, 6) is 0.287. The molecule has 1 aromatic carbocycles. The first kappa shape index (κ1) is 14.6. The molecule has 2 fully saturated rings. The predicted octanol–water partition coefficient (Wildman–Crippen LogP) is 2.77. The van der Waals surface area contributed by atoms with Gasteiger partial charge in [0.15, 0.2) is 6.04 Å². The van der Waals surface area contributed by atoms with Crippen molar-refractivity contribution >= 4 is 5.91 Å². The molecule has 1 amide bonds. The van der Waals surface area contributed by atoms with Crippen molar-refractivity contribution in [1.29, 1.82) is 0 Å². The first-order chi connectivity index (χ1) is 10.2. The largest absolute Gasteiger partial charge is 0.351 e. The highest BCUT2D eigenvalue weighted by Gasteiger charge is 2.43. The molecule has 2 saturated heterocycles. The SMILES string of the molecule is Cc1ccc(C[N+]2(C3CCCNC3=O)CCCCC2)cc1. The maximum absolute atomic E-state index is 12.4. The number of carbonyl (C=O) groups is 1. The van der Waals surface area contributed by atoms with Gasteiger partial charge in [-0.25, -0.2) is 0 Å². The number of nitrogens with zero attached hydrogens (tertiary/aromatic N) is 1. The Bertz CT molecular complexity index is 488. The highest BCUT2D eigenvalue weighted by Crippen LogP contribution is 2.30. The second-order valence-electron chi connectivity index (χ2n) is 6.82. The number of amides is 1. The number of aryl methyl sites for hydroxylation is 1. The average molecular weight is 287 g/mol. The molecular formula is C18H27N2O+. The van der Waals surface area contributed by atoms with E-state index in [4.69, 9.17) is 0 Å². The van der Waals surface area contributed by atoms with Gasteiger partial charge >= 0.3 is 0 Å². The molecule has 0 saturated carbocycles. The Kier molecular flexibility index (Phi) is 4.29. The van der Waals surface area contributed by atoms with Crippen LogP contribution in [0.25, 0.3) is 0 Å². The van der Waals surface area contributed by atoms with Gasteiger partial charge in [0.25, 0.3) is 5.91 Å². The molecule has 2 aliphatic heterocycles. The number of quaternary nitrogens is 1. The lowest BCUT2D eigenvalue weighted by Gasteiger charge is -2.47. The van der Waals surface area contributed by atoms with Gasteiger partial charge in [-0.1, -0.05) is 29.8 Å². The van der Waals surface area contributed by atoms with E-state index in [1.54, 1.807) is 0 Å².